The lowest BCUT2D eigenvalue weighted by Crippen LogP contribution is -2.39. The Bertz CT molecular complexity index is 542. The molecule has 0 spiro atoms. The molecule has 2 rings (SSSR count). The minimum atomic E-state index is -1.19. The maximum Gasteiger partial charge on any atom is 0.340 e. The van der Waals surface area contributed by atoms with Gasteiger partial charge in [0, 0.05) is 0 Å². The molecule has 0 aliphatic heterocycles. The first-order valence-electron chi connectivity index (χ1n) is 6.73. The van der Waals surface area contributed by atoms with Crippen LogP contribution in [0.1, 0.15) is 31.1 Å². The number of nitrogens with two attached hydrogens (primary N) is 1. The molecule has 0 amide bonds. The van der Waals surface area contributed by atoms with Gasteiger partial charge in [-0.15, -0.1) is 0 Å². The van der Waals surface area contributed by atoms with Crippen molar-refractivity contribution < 1.29 is 14.4 Å². The molecule has 2 aromatic carbocycles. The van der Waals surface area contributed by atoms with Crippen molar-refractivity contribution in [3.63, 3.8) is 0 Å². The molecule has 0 aromatic heterocycles. The van der Waals surface area contributed by atoms with Crippen molar-refractivity contribution in [2.24, 2.45) is 5.90 Å². The highest BCUT2D eigenvalue weighted by Gasteiger charge is 2.33. The van der Waals surface area contributed by atoms with Crippen LogP contribution >= 0.6 is 0 Å². The summed E-state index contributed by atoms with van der Waals surface area (Å²) in [6.45, 7) is 3.14. The van der Waals surface area contributed by atoms with E-state index in [1.807, 2.05) is 60.7 Å². The Balaban J connectivity index is 2.32. The molecule has 0 unspecified atom stereocenters. The number of benzene rings is 2. The van der Waals surface area contributed by atoms with Crippen molar-refractivity contribution in [2.75, 3.05) is 0 Å². The van der Waals surface area contributed by atoms with E-state index in [1.165, 1.54) is 0 Å². The number of hydrogen-bond donors (Lipinski definition) is 1. The van der Waals surface area contributed by atoms with Gasteiger partial charge in [-0.1, -0.05) is 60.7 Å². The fourth-order valence-electron chi connectivity index (χ4n) is 1.88. The molecule has 0 atom stereocenters. The van der Waals surface area contributed by atoms with Gasteiger partial charge in [0.05, 0.1) is 0 Å². The Morgan fingerprint density at radius 1 is 0.952 bits per heavy atom. The van der Waals surface area contributed by atoms with Gasteiger partial charge in [-0.3, -0.25) is 4.84 Å². The highest BCUT2D eigenvalue weighted by molar-refractivity contribution is 5.79. The third-order valence-corrected chi connectivity index (χ3v) is 3.22. The molecule has 4 nitrogen and oxygen atoms in total. The van der Waals surface area contributed by atoms with Crippen LogP contribution < -0.4 is 5.90 Å². The SMILES string of the molecule is CC(C)(ON)C(=O)OC(c1ccccc1)c1ccccc1. The van der Waals surface area contributed by atoms with Gasteiger partial charge in [-0.05, 0) is 25.0 Å². The molecule has 0 aliphatic rings. The first-order valence-corrected chi connectivity index (χ1v) is 6.73. The largest absolute Gasteiger partial charge is 0.450 e. The number of rotatable bonds is 5. The highest BCUT2D eigenvalue weighted by Crippen LogP contribution is 2.27. The second-order valence-electron chi connectivity index (χ2n) is 5.23. The zero-order valence-electron chi connectivity index (χ0n) is 12.2. The molecular weight excluding hydrogens is 266 g/mol. The van der Waals surface area contributed by atoms with E-state index in [-0.39, 0.29) is 0 Å². The number of esters is 1. The van der Waals surface area contributed by atoms with Gasteiger partial charge in [0.2, 0.25) is 0 Å². The molecule has 4 heteroatoms. The van der Waals surface area contributed by atoms with Crippen LogP contribution in [0.25, 0.3) is 0 Å². The molecule has 0 bridgehead atoms. The van der Waals surface area contributed by atoms with Crippen molar-refractivity contribution in [3.8, 4) is 0 Å². The molecule has 2 aromatic rings. The van der Waals surface area contributed by atoms with Crippen LogP contribution in [0.2, 0.25) is 0 Å². The molecule has 110 valence electrons. The first kappa shape index (κ1) is 15.2. The Hall–Kier alpha value is -2.17. The van der Waals surface area contributed by atoms with Gasteiger partial charge < -0.3 is 4.74 Å². The van der Waals surface area contributed by atoms with E-state index in [2.05, 4.69) is 0 Å². The lowest BCUT2D eigenvalue weighted by atomic mass is 10.0. The number of hydrogen-bond acceptors (Lipinski definition) is 4. The van der Waals surface area contributed by atoms with E-state index < -0.39 is 17.7 Å². The van der Waals surface area contributed by atoms with Gasteiger partial charge in [0.15, 0.2) is 11.7 Å². The predicted molar refractivity (Wildman–Crippen MR) is 80.2 cm³/mol. The predicted octanol–water partition coefficient (Wildman–Crippen LogP) is 2.99. The number of ether oxygens (including phenoxy) is 1. The molecule has 0 saturated heterocycles. The van der Waals surface area contributed by atoms with Crippen LogP contribution in [0.5, 0.6) is 0 Å². The van der Waals surface area contributed by atoms with E-state index >= 15 is 0 Å². The summed E-state index contributed by atoms with van der Waals surface area (Å²) in [7, 11) is 0. The highest BCUT2D eigenvalue weighted by atomic mass is 16.7. The second kappa shape index (κ2) is 6.52. The maximum absolute atomic E-state index is 12.2. The van der Waals surface area contributed by atoms with E-state index in [0.29, 0.717) is 0 Å². The van der Waals surface area contributed by atoms with E-state index in [9.17, 15) is 4.79 Å². The summed E-state index contributed by atoms with van der Waals surface area (Å²) >= 11 is 0. The van der Waals surface area contributed by atoms with E-state index in [1.54, 1.807) is 13.8 Å². The maximum atomic E-state index is 12.2. The summed E-state index contributed by atoms with van der Waals surface area (Å²) in [5.41, 5.74) is 0.594. The normalized spacial score (nSPS) is 11.4. The summed E-state index contributed by atoms with van der Waals surface area (Å²) < 4.78 is 5.63. The third kappa shape index (κ3) is 3.68. The average molecular weight is 285 g/mol. The minimum Gasteiger partial charge on any atom is -0.450 e. The van der Waals surface area contributed by atoms with Gasteiger partial charge >= 0.3 is 5.97 Å². The Morgan fingerprint density at radius 3 is 1.76 bits per heavy atom. The molecule has 0 heterocycles. The summed E-state index contributed by atoms with van der Waals surface area (Å²) in [6, 6.07) is 19.1. The fourth-order valence-corrected chi connectivity index (χ4v) is 1.88. The van der Waals surface area contributed by atoms with Gasteiger partial charge in [0.1, 0.15) is 0 Å². The smallest absolute Gasteiger partial charge is 0.340 e. The quantitative estimate of drug-likeness (QED) is 0.677. The van der Waals surface area contributed by atoms with E-state index in [4.69, 9.17) is 15.5 Å². The van der Waals surface area contributed by atoms with E-state index in [0.717, 1.165) is 11.1 Å². The summed E-state index contributed by atoms with van der Waals surface area (Å²) in [5, 5.41) is 0. The van der Waals surface area contributed by atoms with Crippen LogP contribution in [0.4, 0.5) is 0 Å². The summed E-state index contributed by atoms with van der Waals surface area (Å²) in [5.74, 6) is 4.65. The van der Waals surface area contributed by atoms with Crippen LogP contribution in [0, 0.1) is 0 Å². The van der Waals surface area contributed by atoms with Crippen LogP contribution in [0.15, 0.2) is 60.7 Å². The topological polar surface area (TPSA) is 61.5 Å². The van der Waals surface area contributed by atoms with Crippen molar-refractivity contribution in [3.05, 3.63) is 71.8 Å². The molecule has 0 radical (unpaired) electrons. The number of carbonyl (C=O) groups excluding carboxylic acids is 1. The second-order valence-corrected chi connectivity index (χ2v) is 5.23. The summed E-state index contributed by atoms with van der Waals surface area (Å²) in [4.78, 5) is 16.9. The van der Waals surface area contributed by atoms with Crippen LogP contribution in [0.3, 0.4) is 0 Å². The Morgan fingerprint density at radius 2 is 1.38 bits per heavy atom. The molecule has 21 heavy (non-hydrogen) atoms. The average Bonchev–Trinajstić information content (AvgIpc) is 2.54. The molecule has 0 saturated carbocycles. The van der Waals surface area contributed by atoms with Gasteiger partial charge in [-0.25, -0.2) is 10.7 Å². The lowest BCUT2D eigenvalue weighted by Gasteiger charge is -2.25. The summed E-state index contributed by atoms with van der Waals surface area (Å²) in [6.07, 6.45) is -0.491. The Labute approximate surface area is 124 Å². The molecule has 0 fully saturated rings. The zero-order valence-corrected chi connectivity index (χ0v) is 12.2. The van der Waals surface area contributed by atoms with Gasteiger partial charge in [0.25, 0.3) is 0 Å². The minimum absolute atomic E-state index is 0.491. The fraction of sp³-hybridized carbons (Fsp3) is 0.235. The Kier molecular flexibility index (Phi) is 4.73. The standard InChI is InChI=1S/C17H19NO3/c1-17(2,21-18)16(19)20-15(13-9-5-3-6-10-13)14-11-7-4-8-12-14/h3-12,15H,18H2,1-2H3. The van der Waals surface area contributed by atoms with Crippen LogP contribution in [-0.4, -0.2) is 11.6 Å². The molecule has 0 aliphatic carbocycles. The van der Waals surface area contributed by atoms with Crippen molar-refractivity contribution in [1.82, 2.24) is 0 Å². The van der Waals surface area contributed by atoms with Crippen LogP contribution in [-0.2, 0) is 14.4 Å². The van der Waals surface area contributed by atoms with Crippen molar-refractivity contribution in [1.29, 1.82) is 0 Å². The van der Waals surface area contributed by atoms with Crippen molar-refractivity contribution in [2.45, 2.75) is 25.6 Å². The molecular formula is C17H19NO3. The van der Waals surface area contributed by atoms with Gasteiger partial charge in [-0.2, -0.15) is 0 Å². The molecule has 2 N–H and O–H groups in total. The number of carbonyl (C=O) groups is 1. The van der Waals surface area contributed by atoms with Crippen molar-refractivity contribution >= 4 is 5.97 Å². The first-order chi connectivity index (χ1) is 10.0. The monoisotopic (exact) mass is 285 g/mol. The third-order valence-electron chi connectivity index (χ3n) is 3.22. The zero-order chi connectivity index (χ0) is 15.3. The lowest BCUT2D eigenvalue weighted by molar-refractivity contribution is -0.172.